The topological polar surface area (TPSA) is 67.4 Å². The van der Waals surface area contributed by atoms with E-state index >= 15 is 0 Å². The molecular weight excluding hydrogens is 324 g/mol. The van der Waals surface area contributed by atoms with Crippen molar-refractivity contribution in [3.05, 3.63) is 16.9 Å². The quantitative estimate of drug-likeness (QED) is 0.910. The third-order valence-corrected chi connectivity index (χ3v) is 3.47. The summed E-state index contributed by atoms with van der Waals surface area (Å²) in [7, 11) is 0. The molecule has 6 nitrogen and oxygen atoms in total. The monoisotopic (exact) mass is 342 g/mol. The third kappa shape index (κ3) is 4.33. The van der Waals surface area contributed by atoms with Gasteiger partial charge in [-0.2, -0.15) is 0 Å². The first-order chi connectivity index (χ1) is 9.69. The second-order valence-electron chi connectivity index (χ2n) is 4.74. The number of rotatable bonds is 4. The van der Waals surface area contributed by atoms with Crippen LogP contribution in [0.5, 0.6) is 6.01 Å². The molecule has 1 unspecified atom stereocenters. The predicted octanol–water partition coefficient (Wildman–Crippen LogP) is 2.20. The number of hydrogen-bond donors (Lipinski definition) is 1. The van der Waals surface area contributed by atoms with E-state index < -0.39 is 0 Å². The van der Waals surface area contributed by atoms with Crippen molar-refractivity contribution in [2.75, 3.05) is 19.6 Å². The van der Waals surface area contributed by atoms with Crippen LogP contribution in [0.15, 0.2) is 16.9 Å². The zero-order chi connectivity index (χ0) is 14.4. The maximum Gasteiger partial charge on any atom is 0.317 e. The summed E-state index contributed by atoms with van der Waals surface area (Å²) in [5, 5.41) is 2.89. The van der Waals surface area contributed by atoms with Crippen LogP contribution >= 0.6 is 15.9 Å². The lowest BCUT2D eigenvalue weighted by atomic mass is 10.1. The van der Waals surface area contributed by atoms with Gasteiger partial charge in [-0.05, 0) is 35.2 Å². The zero-order valence-electron chi connectivity index (χ0n) is 11.5. The number of ether oxygens (including phenoxy) is 1. The molecule has 1 saturated heterocycles. The van der Waals surface area contributed by atoms with Crippen LogP contribution in [0.1, 0.15) is 26.2 Å². The number of carbonyl (C=O) groups excluding carboxylic acids is 1. The fraction of sp³-hybridized carbons (Fsp3) is 0.615. The second-order valence-corrected chi connectivity index (χ2v) is 5.66. The van der Waals surface area contributed by atoms with Crippen LogP contribution in [0.4, 0.5) is 4.79 Å². The van der Waals surface area contributed by atoms with Crippen molar-refractivity contribution in [2.24, 2.45) is 0 Å². The smallest absolute Gasteiger partial charge is 0.317 e. The molecule has 1 aliphatic rings. The standard InChI is InChI=1S/C13H19BrN4O2/c1-2-5-15-13(19)18-6-3-4-11(9-18)20-12-16-7-10(14)8-17-12/h7-8,11H,2-6,9H2,1H3,(H,15,19). The molecule has 0 bridgehead atoms. The van der Waals surface area contributed by atoms with Gasteiger partial charge in [-0.3, -0.25) is 0 Å². The van der Waals surface area contributed by atoms with Crippen molar-refractivity contribution in [3.63, 3.8) is 0 Å². The molecule has 1 aromatic heterocycles. The lowest BCUT2D eigenvalue weighted by Crippen LogP contribution is -2.48. The number of halogens is 1. The van der Waals surface area contributed by atoms with Crippen LogP contribution in [-0.4, -0.2) is 46.6 Å². The number of carbonyl (C=O) groups is 1. The Morgan fingerprint density at radius 2 is 2.30 bits per heavy atom. The molecule has 7 heteroatoms. The number of nitrogens with zero attached hydrogens (tertiary/aromatic N) is 3. The lowest BCUT2D eigenvalue weighted by Gasteiger charge is -2.32. The van der Waals surface area contributed by atoms with Gasteiger partial charge >= 0.3 is 12.0 Å². The molecule has 1 N–H and O–H groups in total. The summed E-state index contributed by atoms with van der Waals surface area (Å²) in [6, 6.07) is 0.339. The highest BCUT2D eigenvalue weighted by Gasteiger charge is 2.25. The Balaban J connectivity index is 1.86. The summed E-state index contributed by atoms with van der Waals surface area (Å²) in [5.41, 5.74) is 0. The summed E-state index contributed by atoms with van der Waals surface area (Å²) < 4.78 is 6.54. The molecule has 0 saturated carbocycles. The number of amides is 2. The first-order valence-electron chi connectivity index (χ1n) is 6.86. The predicted molar refractivity (Wildman–Crippen MR) is 78.6 cm³/mol. The molecule has 0 aliphatic carbocycles. The van der Waals surface area contributed by atoms with E-state index in [1.165, 1.54) is 0 Å². The fourth-order valence-corrected chi connectivity index (χ4v) is 2.28. The molecule has 1 atom stereocenters. The largest absolute Gasteiger partial charge is 0.458 e. The molecule has 0 aromatic carbocycles. The van der Waals surface area contributed by atoms with Crippen molar-refractivity contribution in [1.29, 1.82) is 0 Å². The SMILES string of the molecule is CCCNC(=O)N1CCCC(Oc2ncc(Br)cn2)C1. The van der Waals surface area contributed by atoms with E-state index in [-0.39, 0.29) is 12.1 Å². The minimum Gasteiger partial charge on any atom is -0.458 e. The molecule has 2 heterocycles. The van der Waals surface area contributed by atoms with Crippen molar-refractivity contribution in [1.82, 2.24) is 20.2 Å². The van der Waals surface area contributed by atoms with Gasteiger partial charge in [0, 0.05) is 25.5 Å². The first-order valence-corrected chi connectivity index (χ1v) is 7.65. The highest BCUT2D eigenvalue weighted by Crippen LogP contribution is 2.16. The van der Waals surface area contributed by atoms with Crippen LogP contribution in [0.25, 0.3) is 0 Å². The van der Waals surface area contributed by atoms with Crippen LogP contribution in [0, 0.1) is 0 Å². The molecule has 1 fully saturated rings. The van der Waals surface area contributed by atoms with E-state index in [1.54, 1.807) is 17.3 Å². The number of aromatic nitrogens is 2. The van der Waals surface area contributed by atoms with Crippen molar-refractivity contribution in [2.45, 2.75) is 32.3 Å². The van der Waals surface area contributed by atoms with Gasteiger partial charge in [0.25, 0.3) is 0 Å². The normalized spacial score (nSPS) is 18.7. The van der Waals surface area contributed by atoms with E-state index in [0.717, 1.165) is 30.3 Å². The second kappa shape index (κ2) is 7.42. The highest BCUT2D eigenvalue weighted by atomic mass is 79.9. The van der Waals surface area contributed by atoms with E-state index in [9.17, 15) is 4.79 Å². The van der Waals surface area contributed by atoms with Gasteiger partial charge in [0.15, 0.2) is 0 Å². The summed E-state index contributed by atoms with van der Waals surface area (Å²) in [6.07, 6.45) is 6.04. The molecule has 1 aromatic rings. The van der Waals surface area contributed by atoms with Gasteiger partial charge in [-0.15, -0.1) is 0 Å². The van der Waals surface area contributed by atoms with Gasteiger partial charge in [-0.1, -0.05) is 6.92 Å². The van der Waals surface area contributed by atoms with Crippen LogP contribution in [0.3, 0.4) is 0 Å². The maximum atomic E-state index is 11.9. The molecule has 1 aliphatic heterocycles. The Labute approximate surface area is 127 Å². The number of nitrogens with one attached hydrogen (secondary N) is 1. The highest BCUT2D eigenvalue weighted by molar-refractivity contribution is 9.10. The minimum absolute atomic E-state index is 0.0168. The Bertz CT molecular complexity index is 441. The lowest BCUT2D eigenvalue weighted by molar-refractivity contribution is 0.0939. The fourth-order valence-electron chi connectivity index (χ4n) is 2.07. The summed E-state index contributed by atoms with van der Waals surface area (Å²) in [5.74, 6) is 0. The number of piperidine rings is 1. The molecule has 110 valence electrons. The Morgan fingerprint density at radius 3 is 3.00 bits per heavy atom. The van der Waals surface area contributed by atoms with E-state index in [4.69, 9.17) is 4.74 Å². The summed E-state index contributed by atoms with van der Waals surface area (Å²) in [6.45, 7) is 4.09. The number of hydrogen-bond acceptors (Lipinski definition) is 4. The molecule has 0 radical (unpaired) electrons. The van der Waals surface area contributed by atoms with Gasteiger partial charge < -0.3 is 15.0 Å². The van der Waals surface area contributed by atoms with E-state index in [0.29, 0.717) is 19.1 Å². The molecular formula is C13H19BrN4O2. The molecule has 20 heavy (non-hydrogen) atoms. The molecule has 2 amide bonds. The zero-order valence-corrected chi connectivity index (χ0v) is 13.1. The van der Waals surface area contributed by atoms with Crippen LogP contribution < -0.4 is 10.1 Å². The van der Waals surface area contributed by atoms with Gasteiger partial charge in [0.05, 0.1) is 11.0 Å². The number of urea groups is 1. The average molecular weight is 343 g/mol. The van der Waals surface area contributed by atoms with Crippen LogP contribution in [-0.2, 0) is 0 Å². The third-order valence-electron chi connectivity index (χ3n) is 3.06. The van der Waals surface area contributed by atoms with Crippen LogP contribution in [0.2, 0.25) is 0 Å². The Morgan fingerprint density at radius 1 is 1.55 bits per heavy atom. The van der Waals surface area contributed by atoms with Crippen molar-refractivity contribution >= 4 is 22.0 Å². The Hall–Kier alpha value is -1.37. The Kier molecular flexibility index (Phi) is 5.58. The summed E-state index contributed by atoms with van der Waals surface area (Å²) in [4.78, 5) is 21.9. The maximum absolute atomic E-state index is 11.9. The first kappa shape index (κ1) is 15.0. The molecule has 2 rings (SSSR count). The molecule has 0 spiro atoms. The van der Waals surface area contributed by atoms with Crippen molar-refractivity contribution in [3.8, 4) is 6.01 Å². The summed E-state index contributed by atoms with van der Waals surface area (Å²) >= 11 is 3.28. The van der Waals surface area contributed by atoms with Gasteiger partial charge in [-0.25, -0.2) is 14.8 Å². The van der Waals surface area contributed by atoms with Gasteiger partial charge in [0.2, 0.25) is 0 Å². The average Bonchev–Trinajstić information content (AvgIpc) is 2.47. The van der Waals surface area contributed by atoms with E-state index in [2.05, 4.69) is 31.2 Å². The van der Waals surface area contributed by atoms with Crippen molar-refractivity contribution < 1.29 is 9.53 Å². The van der Waals surface area contributed by atoms with E-state index in [1.807, 2.05) is 6.92 Å². The minimum atomic E-state index is -0.0442. The van der Waals surface area contributed by atoms with Gasteiger partial charge in [0.1, 0.15) is 6.10 Å². The number of likely N-dealkylation sites (tertiary alicyclic amines) is 1.